The number of nitrogen functional groups attached to an aromatic ring is 1. The molecule has 1 aromatic rings. The lowest BCUT2D eigenvalue weighted by Crippen LogP contribution is -2.71. The number of anilines is 1. The maximum atomic E-state index is 13.2. The molecule has 0 unspecified atom stereocenters. The topological polar surface area (TPSA) is 211 Å². The van der Waals surface area contributed by atoms with E-state index >= 15 is 0 Å². The predicted molar refractivity (Wildman–Crippen MR) is 130 cm³/mol. The summed E-state index contributed by atoms with van der Waals surface area (Å²) in [5.74, 6) is -4.74. The summed E-state index contributed by atoms with van der Waals surface area (Å²) in [5.41, 5.74) is 3.47. The fourth-order valence-electron chi connectivity index (χ4n) is 3.87. The van der Waals surface area contributed by atoms with E-state index in [0.29, 0.717) is 0 Å². The maximum absolute atomic E-state index is 13.2. The fraction of sp³-hybridized carbons (Fsp3) is 0.450. The van der Waals surface area contributed by atoms with Gasteiger partial charge >= 0.3 is 17.9 Å². The minimum absolute atomic E-state index is 0.00278. The number of carbonyl (C=O) groups excluding carboxylic acids is 3. The number of amides is 2. The summed E-state index contributed by atoms with van der Waals surface area (Å²) in [4.78, 5) is 71.0. The van der Waals surface area contributed by atoms with Crippen molar-refractivity contribution in [2.75, 3.05) is 18.1 Å². The Bertz CT molecular complexity index is 1240. The second-order valence-corrected chi connectivity index (χ2v) is 10.9. The van der Waals surface area contributed by atoms with Gasteiger partial charge in [0, 0.05) is 41.8 Å². The third kappa shape index (κ3) is 5.08. The molecule has 198 valence electrons. The van der Waals surface area contributed by atoms with Crippen molar-refractivity contribution in [2.45, 2.75) is 42.2 Å². The van der Waals surface area contributed by atoms with Crippen molar-refractivity contribution in [3.63, 3.8) is 0 Å². The predicted octanol–water partition coefficient (Wildman–Crippen LogP) is -0.0277. The highest BCUT2D eigenvalue weighted by molar-refractivity contribution is 8.00. The first-order valence-corrected chi connectivity index (χ1v) is 13.0. The van der Waals surface area contributed by atoms with Crippen LogP contribution in [-0.4, -0.2) is 90.3 Å². The molecular formula is C20H20ClN5O9S2. The minimum atomic E-state index is -1.71. The van der Waals surface area contributed by atoms with E-state index in [-0.39, 0.29) is 47.3 Å². The van der Waals surface area contributed by atoms with Gasteiger partial charge in [0.25, 0.3) is 11.8 Å². The van der Waals surface area contributed by atoms with Crippen LogP contribution in [0.1, 0.15) is 25.5 Å². The van der Waals surface area contributed by atoms with E-state index in [9.17, 15) is 34.2 Å². The molecule has 1 saturated heterocycles. The van der Waals surface area contributed by atoms with Crippen molar-refractivity contribution in [3.8, 4) is 0 Å². The molecule has 2 atom stereocenters. The molecule has 14 nitrogen and oxygen atoms in total. The van der Waals surface area contributed by atoms with Gasteiger partial charge in [0.1, 0.15) is 29.4 Å². The summed E-state index contributed by atoms with van der Waals surface area (Å²) in [6.45, 7) is 0.890. The van der Waals surface area contributed by atoms with Crippen molar-refractivity contribution in [1.29, 1.82) is 0 Å². The summed E-state index contributed by atoms with van der Waals surface area (Å²) >= 11 is 8.10. The Morgan fingerprint density at radius 3 is 2.59 bits per heavy atom. The first kappa shape index (κ1) is 26.7. The Labute approximate surface area is 221 Å². The van der Waals surface area contributed by atoms with Crippen LogP contribution in [-0.2, 0) is 33.5 Å². The number of fused-ring (bicyclic) bond motifs is 1. The summed E-state index contributed by atoms with van der Waals surface area (Å²) in [7, 11) is 0. The van der Waals surface area contributed by atoms with Crippen molar-refractivity contribution < 1.29 is 43.8 Å². The molecular weight excluding hydrogens is 554 g/mol. The number of thioether (sulfide) groups is 1. The van der Waals surface area contributed by atoms with Gasteiger partial charge in [0.05, 0.1) is 0 Å². The van der Waals surface area contributed by atoms with Gasteiger partial charge in [-0.25, -0.2) is 14.6 Å². The Kier molecular flexibility index (Phi) is 7.34. The third-order valence-electron chi connectivity index (χ3n) is 5.77. The Morgan fingerprint density at radius 1 is 1.35 bits per heavy atom. The standard InChI is InChI=1S/C20H20ClN5O9S2/c1-7(27)34-4-8-5-36-16-12(15(29)26(16)13(8)17(30)31)24-14(28)11(10-6-37-19(22)23-10)25-35-20(18(32)33)2-9(21)3-20/h6,9,12,16H,2-5H2,1H3,(H2,22,23)(H,24,28)(H,30,31)(H,32,33)/t9?,12-,16-,20?/m1/s1. The number of hydrogen-bond acceptors (Lipinski definition) is 12. The molecule has 2 amide bonds. The van der Waals surface area contributed by atoms with Gasteiger partial charge in [0.2, 0.25) is 5.60 Å². The number of nitrogens with two attached hydrogens (primary N) is 1. The summed E-state index contributed by atoms with van der Waals surface area (Å²) < 4.78 is 4.89. The van der Waals surface area contributed by atoms with Gasteiger partial charge in [-0.2, -0.15) is 0 Å². The Morgan fingerprint density at radius 2 is 2.05 bits per heavy atom. The van der Waals surface area contributed by atoms with Gasteiger partial charge in [-0.15, -0.1) is 34.7 Å². The number of oxime groups is 1. The number of β-lactam (4-membered cyclic amide) rings is 1. The van der Waals surface area contributed by atoms with Crippen LogP contribution in [0.25, 0.3) is 0 Å². The second kappa shape index (κ2) is 10.2. The first-order chi connectivity index (χ1) is 17.4. The maximum Gasteiger partial charge on any atom is 0.352 e. The fourth-order valence-corrected chi connectivity index (χ4v) is 6.24. The summed E-state index contributed by atoms with van der Waals surface area (Å²) in [6.07, 6.45) is -0.0630. The zero-order chi connectivity index (χ0) is 27.1. The SMILES string of the molecule is CC(=O)OCC1=C(C(=O)O)N2C(=O)[C@@H](NC(=O)C(=NOC3(C(=O)O)CC(Cl)C3)c3csc(N)n3)[C@H]2SC1. The van der Waals surface area contributed by atoms with Crippen LogP contribution in [0.3, 0.4) is 0 Å². The van der Waals surface area contributed by atoms with Gasteiger partial charge < -0.3 is 30.8 Å². The highest BCUT2D eigenvalue weighted by atomic mass is 35.5. The lowest BCUT2D eigenvalue weighted by Gasteiger charge is -2.49. The van der Waals surface area contributed by atoms with E-state index in [0.717, 1.165) is 16.2 Å². The van der Waals surface area contributed by atoms with E-state index < -0.39 is 57.8 Å². The molecule has 0 bridgehead atoms. The lowest BCUT2D eigenvalue weighted by molar-refractivity contribution is -0.178. The van der Waals surface area contributed by atoms with Crippen molar-refractivity contribution in [2.24, 2.45) is 5.16 Å². The molecule has 1 aliphatic carbocycles. The van der Waals surface area contributed by atoms with E-state index in [4.69, 9.17) is 26.9 Å². The molecule has 0 aromatic carbocycles. The number of carboxylic acids is 2. The van der Waals surface area contributed by atoms with Crippen LogP contribution in [0.15, 0.2) is 21.8 Å². The molecule has 2 aliphatic heterocycles. The number of carbonyl (C=O) groups is 5. The molecule has 1 saturated carbocycles. The van der Waals surface area contributed by atoms with E-state index in [1.54, 1.807) is 0 Å². The molecule has 0 spiro atoms. The molecule has 0 radical (unpaired) electrons. The number of rotatable bonds is 9. The van der Waals surface area contributed by atoms with Crippen LogP contribution in [0, 0.1) is 0 Å². The average Bonchev–Trinajstić information content (AvgIpc) is 3.24. The third-order valence-corrected chi connectivity index (χ3v) is 8.09. The Balaban J connectivity index is 1.54. The van der Waals surface area contributed by atoms with Gasteiger partial charge in [-0.3, -0.25) is 19.3 Å². The zero-order valence-electron chi connectivity index (χ0n) is 19.0. The number of aliphatic carboxylic acids is 2. The number of aromatic nitrogens is 1. The number of hydrogen-bond donors (Lipinski definition) is 4. The number of nitrogens with zero attached hydrogens (tertiary/aromatic N) is 3. The molecule has 1 aromatic heterocycles. The van der Waals surface area contributed by atoms with Crippen LogP contribution < -0.4 is 11.1 Å². The molecule has 37 heavy (non-hydrogen) atoms. The van der Waals surface area contributed by atoms with Gasteiger partial charge in [-0.1, -0.05) is 5.16 Å². The molecule has 3 heterocycles. The van der Waals surface area contributed by atoms with E-state index in [1.807, 2.05) is 0 Å². The molecule has 4 rings (SSSR count). The lowest BCUT2D eigenvalue weighted by atomic mass is 9.80. The first-order valence-electron chi connectivity index (χ1n) is 10.6. The van der Waals surface area contributed by atoms with Crippen LogP contribution in [0.5, 0.6) is 0 Å². The number of thiazole rings is 1. The summed E-state index contributed by atoms with van der Waals surface area (Å²) in [6, 6.07) is -1.12. The summed E-state index contributed by atoms with van der Waals surface area (Å²) in [5, 5.41) is 25.8. The Hall–Kier alpha value is -3.37. The van der Waals surface area contributed by atoms with E-state index in [2.05, 4.69) is 15.5 Å². The van der Waals surface area contributed by atoms with Crippen LogP contribution in [0.4, 0.5) is 5.13 Å². The molecule has 17 heteroatoms. The largest absolute Gasteiger partial charge is 0.478 e. The highest BCUT2D eigenvalue weighted by Crippen LogP contribution is 2.41. The van der Waals surface area contributed by atoms with Crippen LogP contribution >= 0.6 is 34.7 Å². The highest BCUT2D eigenvalue weighted by Gasteiger charge is 2.55. The molecule has 2 fully saturated rings. The van der Waals surface area contributed by atoms with Crippen molar-refractivity contribution >= 4 is 75.3 Å². The quantitative estimate of drug-likeness (QED) is 0.101. The monoisotopic (exact) mass is 573 g/mol. The zero-order valence-corrected chi connectivity index (χ0v) is 21.4. The smallest absolute Gasteiger partial charge is 0.352 e. The normalized spacial score (nSPS) is 27.0. The van der Waals surface area contributed by atoms with Crippen molar-refractivity contribution in [3.05, 3.63) is 22.3 Å². The van der Waals surface area contributed by atoms with Crippen LogP contribution in [0.2, 0.25) is 0 Å². The van der Waals surface area contributed by atoms with Gasteiger partial charge in [-0.05, 0) is 0 Å². The number of alkyl halides is 1. The number of halogens is 1. The number of carboxylic acid groups (broad SMARTS) is 2. The minimum Gasteiger partial charge on any atom is -0.478 e. The molecule has 3 aliphatic rings. The number of ether oxygens (including phenoxy) is 1. The second-order valence-electron chi connectivity index (χ2n) is 8.31. The molecule has 5 N–H and O–H groups in total. The van der Waals surface area contributed by atoms with Crippen molar-refractivity contribution in [1.82, 2.24) is 15.2 Å². The van der Waals surface area contributed by atoms with E-state index in [1.165, 1.54) is 24.1 Å². The van der Waals surface area contributed by atoms with Gasteiger partial charge in [0.15, 0.2) is 10.8 Å². The number of esters is 1. The average molecular weight is 574 g/mol. The number of nitrogens with one attached hydrogen (secondary N) is 1.